The van der Waals surface area contributed by atoms with Gasteiger partial charge in [0.2, 0.25) is 0 Å². The molecule has 0 radical (unpaired) electrons. The quantitative estimate of drug-likeness (QED) is 0.917. The van der Waals surface area contributed by atoms with Gasteiger partial charge in [0, 0.05) is 29.0 Å². The molecule has 0 fully saturated rings. The number of hydrogen-bond donors (Lipinski definition) is 1. The van der Waals surface area contributed by atoms with Crippen LogP contribution >= 0.6 is 27.3 Å². The Labute approximate surface area is 114 Å². The molecule has 0 bridgehead atoms. The molecule has 17 heavy (non-hydrogen) atoms. The van der Waals surface area contributed by atoms with Gasteiger partial charge in [-0.15, -0.1) is 11.3 Å². The molecule has 1 N–H and O–H groups in total. The van der Waals surface area contributed by atoms with Gasteiger partial charge in [-0.25, -0.2) is 0 Å². The van der Waals surface area contributed by atoms with Crippen LogP contribution in [-0.4, -0.2) is 9.78 Å². The average Bonchev–Trinajstić information content (AvgIpc) is 2.86. The Kier molecular flexibility index (Phi) is 4.36. The van der Waals surface area contributed by atoms with Crippen molar-refractivity contribution in [3.63, 3.8) is 0 Å². The summed E-state index contributed by atoms with van der Waals surface area (Å²) >= 11 is 5.31. The van der Waals surface area contributed by atoms with Crippen LogP contribution in [-0.2, 0) is 19.6 Å². The number of nitrogens with one attached hydrogen (secondary N) is 1. The van der Waals surface area contributed by atoms with Gasteiger partial charge in [-0.1, -0.05) is 0 Å². The smallest absolute Gasteiger partial charge is 0.0597 e. The minimum Gasteiger partial charge on any atom is -0.306 e. The Balaban J connectivity index is 1.92. The lowest BCUT2D eigenvalue weighted by Crippen LogP contribution is -2.15. The molecule has 2 rings (SSSR count). The molecular formula is C12H16BrN3S. The zero-order chi connectivity index (χ0) is 12.3. The monoisotopic (exact) mass is 313 g/mol. The molecule has 2 aromatic heterocycles. The fraction of sp³-hybridized carbons (Fsp3) is 0.417. The van der Waals surface area contributed by atoms with E-state index in [2.05, 4.69) is 50.8 Å². The normalized spacial score (nSPS) is 11.0. The van der Waals surface area contributed by atoms with Crippen LogP contribution in [0.5, 0.6) is 0 Å². The molecule has 2 heterocycles. The van der Waals surface area contributed by atoms with E-state index >= 15 is 0 Å². The second-order valence-electron chi connectivity index (χ2n) is 3.89. The van der Waals surface area contributed by atoms with Crippen molar-refractivity contribution in [1.29, 1.82) is 0 Å². The van der Waals surface area contributed by atoms with E-state index < -0.39 is 0 Å². The number of thiophene rings is 1. The Morgan fingerprint density at radius 1 is 1.47 bits per heavy atom. The van der Waals surface area contributed by atoms with Crippen molar-refractivity contribution in [1.82, 2.24) is 15.1 Å². The van der Waals surface area contributed by atoms with E-state index in [1.54, 1.807) is 11.3 Å². The van der Waals surface area contributed by atoms with E-state index in [1.807, 2.05) is 11.6 Å². The van der Waals surface area contributed by atoms with Crippen molar-refractivity contribution >= 4 is 27.3 Å². The zero-order valence-corrected chi connectivity index (χ0v) is 12.4. The van der Waals surface area contributed by atoms with Crippen LogP contribution in [0.4, 0.5) is 0 Å². The molecule has 0 aromatic carbocycles. The van der Waals surface area contributed by atoms with E-state index in [1.165, 1.54) is 15.0 Å². The van der Waals surface area contributed by atoms with Gasteiger partial charge >= 0.3 is 0 Å². The first kappa shape index (κ1) is 12.8. The topological polar surface area (TPSA) is 29.9 Å². The van der Waals surface area contributed by atoms with Crippen molar-refractivity contribution in [2.45, 2.75) is 33.5 Å². The number of halogens is 1. The van der Waals surface area contributed by atoms with Crippen LogP contribution in [0.25, 0.3) is 0 Å². The highest BCUT2D eigenvalue weighted by Crippen LogP contribution is 2.22. The van der Waals surface area contributed by atoms with Crippen LogP contribution in [0.1, 0.15) is 23.2 Å². The molecule has 0 spiro atoms. The number of nitrogens with zero attached hydrogens (tertiary/aromatic N) is 2. The summed E-state index contributed by atoms with van der Waals surface area (Å²) in [6, 6.07) is 4.22. The maximum Gasteiger partial charge on any atom is 0.0597 e. The highest BCUT2D eigenvalue weighted by atomic mass is 79.9. The summed E-state index contributed by atoms with van der Waals surface area (Å²) in [5.74, 6) is 0. The van der Waals surface area contributed by atoms with Crippen molar-refractivity contribution in [3.05, 3.63) is 38.3 Å². The van der Waals surface area contributed by atoms with Crippen LogP contribution < -0.4 is 5.32 Å². The Hall–Kier alpha value is -0.650. The molecule has 0 saturated heterocycles. The van der Waals surface area contributed by atoms with Crippen molar-refractivity contribution in [3.8, 4) is 0 Å². The SMILES string of the molecule is CCn1nc(C)cc1CNCc1sccc1Br. The molecule has 5 heteroatoms. The largest absolute Gasteiger partial charge is 0.306 e. The number of aromatic nitrogens is 2. The van der Waals surface area contributed by atoms with Crippen molar-refractivity contribution in [2.24, 2.45) is 0 Å². The van der Waals surface area contributed by atoms with E-state index in [4.69, 9.17) is 0 Å². The number of hydrogen-bond acceptors (Lipinski definition) is 3. The van der Waals surface area contributed by atoms with Gasteiger partial charge < -0.3 is 5.32 Å². The minimum atomic E-state index is 0.860. The van der Waals surface area contributed by atoms with E-state index in [-0.39, 0.29) is 0 Å². The molecule has 0 aliphatic rings. The first-order valence-electron chi connectivity index (χ1n) is 5.66. The van der Waals surface area contributed by atoms with Gasteiger partial charge in [0.15, 0.2) is 0 Å². The van der Waals surface area contributed by atoms with Gasteiger partial charge in [-0.05, 0) is 47.3 Å². The first-order chi connectivity index (χ1) is 8.20. The molecule has 92 valence electrons. The predicted octanol–water partition coefficient (Wildman–Crippen LogP) is 3.33. The fourth-order valence-corrected chi connectivity index (χ4v) is 3.23. The molecule has 0 unspecified atom stereocenters. The minimum absolute atomic E-state index is 0.860. The van der Waals surface area contributed by atoms with Crippen LogP contribution in [0, 0.1) is 6.92 Å². The molecular weight excluding hydrogens is 298 g/mol. The molecule has 0 amide bonds. The first-order valence-corrected chi connectivity index (χ1v) is 7.34. The Morgan fingerprint density at radius 3 is 2.94 bits per heavy atom. The van der Waals surface area contributed by atoms with Gasteiger partial charge in [0.1, 0.15) is 0 Å². The summed E-state index contributed by atoms with van der Waals surface area (Å²) in [5, 5.41) is 9.98. The summed E-state index contributed by atoms with van der Waals surface area (Å²) in [4.78, 5) is 1.34. The Bertz CT molecular complexity index is 490. The molecule has 0 atom stereocenters. The van der Waals surface area contributed by atoms with Crippen molar-refractivity contribution in [2.75, 3.05) is 0 Å². The summed E-state index contributed by atoms with van der Waals surface area (Å²) in [6.07, 6.45) is 0. The molecule has 0 aliphatic heterocycles. The van der Waals surface area contributed by atoms with Gasteiger partial charge in [0.05, 0.1) is 11.4 Å². The van der Waals surface area contributed by atoms with Gasteiger partial charge in [0.25, 0.3) is 0 Å². The van der Waals surface area contributed by atoms with Crippen LogP contribution in [0.2, 0.25) is 0 Å². The third kappa shape index (κ3) is 3.18. The third-order valence-corrected chi connectivity index (χ3v) is 4.49. The second kappa shape index (κ2) is 5.80. The summed E-state index contributed by atoms with van der Waals surface area (Å²) in [6.45, 7) is 6.83. The highest BCUT2D eigenvalue weighted by molar-refractivity contribution is 9.10. The summed E-state index contributed by atoms with van der Waals surface area (Å²) < 4.78 is 3.24. The number of aryl methyl sites for hydroxylation is 2. The lowest BCUT2D eigenvalue weighted by Gasteiger charge is -2.06. The van der Waals surface area contributed by atoms with E-state index in [9.17, 15) is 0 Å². The predicted molar refractivity (Wildman–Crippen MR) is 75.2 cm³/mol. The maximum absolute atomic E-state index is 4.43. The zero-order valence-electron chi connectivity index (χ0n) is 10.0. The standard InChI is InChI=1S/C12H16BrN3S/c1-3-16-10(6-9(2)15-16)7-14-8-12-11(13)4-5-17-12/h4-6,14H,3,7-8H2,1-2H3. The molecule has 2 aromatic rings. The lowest BCUT2D eigenvalue weighted by atomic mass is 10.3. The summed E-state index contributed by atoms with van der Waals surface area (Å²) in [7, 11) is 0. The average molecular weight is 314 g/mol. The van der Waals surface area contributed by atoms with Gasteiger partial charge in [-0.3, -0.25) is 4.68 Å². The molecule has 0 aliphatic carbocycles. The molecule has 0 saturated carbocycles. The molecule has 3 nitrogen and oxygen atoms in total. The summed E-state index contributed by atoms with van der Waals surface area (Å²) in [5.41, 5.74) is 2.33. The van der Waals surface area contributed by atoms with Crippen LogP contribution in [0.15, 0.2) is 22.0 Å². The maximum atomic E-state index is 4.43. The van der Waals surface area contributed by atoms with E-state index in [0.29, 0.717) is 0 Å². The second-order valence-corrected chi connectivity index (χ2v) is 5.74. The third-order valence-electron chi connectivity index (χ3n) is 2.57. The fourth-order valence-electron chi connectivity index (χ4n) is 1.77. The highest BCUT2D eigenvalue weighted by Gasteiger charge is 2.05. The number of rotatable bonds is 5. The van der Waals surface area contributed by atoms with Gasteiger partial charge in [-0.2, -0.15) is 5.10 Å². The van der Waals surface area contributed by atoms with Crippen molar-refractivity contribution < 1.29 is 0 Å². The van der Waals surface area contributed by atoms with Crippen LogP contribution in [0.3, 0.4) is 0 Å². The Morgan fingerprint density at radius 2 is 2.29 bits per heavy atom. The lowest BCUT2D eigenvalue weighted by molar-refractivity contribution is 0.580. The van der Waals surface area contributed by atoms with E-state index in [0.717, 1.165) is 25.3 Å².